The smallest absolute Gasteiger partial charge is 0.408 e. The Morgan fingerprint density at radius 2 is 1.75 bits per heavy atom. The Morgan fingerprint density at radius 1 is 1.17 bits per heavy atom. The van der Waals surface area contributed by atoms with Crippen molar-refractivity contribution < 1.29 is 24.2 Å². The first-order valence-corrected chi connectivity index (χ1v) is 8.23. The number of phenolic OH excluding ortho intramolecular Hbond substituents is 1. The van der Waals surface area contributed by atoms with Crippen molar-refractivity contribution in [2.24, 2.45) is 0 Å². The number of carbonyl (C=O) groups is 2. The third kappa shape index (κ3) is 5.44. The van der Waals surface area contributed by atoms with Gasteiger partial charge in [0.05, 0.1) is 0 Å². The summed E-state index contributed by atoms with van der Waals surface area (Å²) in [7, 11) is 0. The van der Waals surface area contributed by atoms with Crippen LogP contribution in [0.5, 0.6) is 5.75 Å². The van der Waals surface area contributed by atoms with Crippen LogP contribution in [0.15, 0.2) is 24.3 Å². The van der Waals surface area contributed by atoms with Crippen LogP contribution in [0.4, 0.5) is 4.79 Å². The maximum absolute atomic E-state index is 12.5. The molecule has 132 valence electrons. The van der Waals surface area contributed by atoms with E-state index in [-0.39, 0.29) is 11.9 Å². The highest BCUT2D eigenvalue weighted by Gasteiger charge is 2.30. The van der Waals surface area contributed by atoms with E-state index >= 15 is 0 Å². The minimum Gasteiger partial charge on any atom is -0.508 e. The molecule has 0 saturated heterocycles. The Hall–Kier alpha value is -2.24. The van der Waals surface area contributed by atoms with Crippen molar-refractivity contribution in [3.05, 3.63) is 29.8 Å². The molecule has 1 atom stereocenters. The van der Waals surface area contributed by atoms with Gasteiger partial charge in [0.1, 0.15) is 17.5 Å². The highest BCUT2D eigenvalue weighted by molar-refractivity contribution is 5.83. The largest absolute Gasteiger partial charge is 0.508 e. The fourth-order valence-electron chi connectivity index (χ4n) is 2.61. The topological polar surface area (TPSA) is 84.9 Å². The Morgan fingerprint density at radius 3 is 2.29 bits per heavy atom. The first-order chi connectivity index (χ1) is 11.2. The monoisotopic (exact) mass is 335 g/mol. The molecule has 1 fully saturated rings. The average molecular weight is 335 g/mol. The van der Waals surface area contributed by atoms with Crippen LogP contribution in [0.2, 0.25) is 0 Å². The molecule has 1 aromatic rings. The second kappa shape index (κ2) is 7.55. The Labute approximate surface area is 142 Å². The van der Waals surface area contributed by atoms with E-state index in [0.29, 0.717) is 5.56 Å². The normalized spacial score (nSPS) is 16.5. The zero-order valence-corrected chi connectivity index (χ0v) is 14.4. The number of phenols is 1. The number of ether oxygens (including phenoxy) is 2. The van der Waals surface area contributed by atoms with Crippen LogP contribution in [-0.2, 0) is 14.3 Å². The number of alkyl carbamates (subject to hydrolysis) is 1. The first-order valence-electron chi connectivity index (χ1n) is 8.23. The van der Waals surface area contributed by atoms with Gasteiger partial charge in [0.25, 0.3) is 0 Å². The predicted octanol–water partition coefficient (Wildman–Crippen LogP) is 3.44. The van der Waals surface area contributed by atoms with Crippen LogP contribution in [0.25, 0.3) is 0 Å². The van der Waals surface area contributed by atoms with E-state index in [1.807, 2.05) is 0 Å². The van der Waals surface area contributed by atoms with Crippen molar-refractivity contribution in [1.29, 1.82) is 0 Å². The van der Waals surface area contributed by atoms with Gasteiger partial charge in [0.2, 0.25) is 0 Å². The van der Waals surface area contributed by atoms with E-state index in [9.17, 15) is 14.7 Å². The number of hydrogen-bond donors (Lipinski definition) is 2. The summed E-state index contributed by atoms with van der Waals surface area (Å²) in [5.41, 5.74) is -0.138. The minimum atomic E-state index is -0.971. The molecule has 2 rings (SSSR count). The zero-order chi connectivity index (χ0) is 17.7. The molecule has 0 bridgehead atoms. The molecule has 0 spiro atoms. The molecule has 1 aliphatic rings. The van der Waals surface area contributed by atoms with Crippen LogP contribution in [-0.4, -0.2) is 28.9 Å². The van der Waals surface area contributed by atoms with Crippen molar-refractivity contribution in [2.75, 3.05) is 0 Å². The lowest BCUT2D eigenvalue weighted by atomic mass is 10.1. The predicted molar refractivity (Wildman–Crippen MR) is 88.6 cm³/mol. The van der Waals surface area contributed by atoms with Crippen molar-refractivity contribution in [2.45, 2.75) is 64.2 Å². The lowest BCUT2D eigenvalue weighted by Crippen LogP contribution is -2.39. The Balaban J connectivity index is 2.12. The quantitative estimate of drug-likeness (QED) is 0.823. The van der Waals surface area contributed by atoms with Crippen molar-refractivity contribution in [3.8, 4) is 5.75 Å². The highest BCUT2D eigenvalue weighted by Crippen LogP contribution is 2.25. The molecule has 6 nitrogen and oxygen atoms in total. The molecule has 6 heteroatoms. The number of esters is 1. The second-order valence-electron chi connectivity index (χ2n) is 7.01. The summed E-state index contributed by atoms with van der Waals surface area (Å²) < 4.78 is 10.7. The molecular weight excluding hydrogens is 310 g/mol. The Kier molecular flexibility index (Phi) is 5.70. The number of hydrogen-bond acceptors (Lipinski definition) is 5. The Bertz CT molecular complexity index is 570. The summed E-state index contributed by atoms with van der Waals surface area (Å²) in [4.78, 5) is 24.6. The third-order valence-electron chi connectivity index (χ3n) is 3.71. The van der Waals surface area contributed by atoms with Gasteiger partial charge in [-0.05, 0) is 64.2 Å². The fourth-order valence-corrected chi connectivity index (χ4v) is 2.61. The van der Waals surface area contributed by atoms with Gasteiger partial charge in [-0.3, -0.25) is 0 Å². The molecule has 1 aliphatic carbocycles. The lowest BCUT2D eigenvalue weighted by Gasteiger charge is -2.24. The molecule has 0 aromatic heterocycles. The van der Waals surface area contributed by atoms with Gasteiger partial charge < -0.3 is 19.9 Å². The van der Waals surface area contributed by atoms with Gasteiger partial charge in [0, 0.05) is 0 Å². The molecule has 0 radical (unpaired) electrons. The molecule has 1 unspecified atom stereocenters. The van der Waals surface area contributed by atoms with E-state index in [1.165, 1.54) is 12.1 Å². The van der Waals surface area contributed by atoms with Gasteiger partial charge in [-0.1, -0.05) is 12.1 Å². The van der Waals surface area contributed by atoms with E-state index in [2.05, 4.69) is 5.32 Å². The van der Waals surface area contributed by atoms with Crippen LogP contribution in [0.1, 0.15) is 58.1 Å². The number of amides is 1. The molecule has 1 amide bonds. The van der Waals surface area contributed by atoms with E-state index in [1.54, 1.807) is 32.9 Å². The summed E-state index contributed by atoms with van der Waals surface area (Å²) in [5.74, 6) is -0.433. The number of rotatable bonds is 4. The molecular formula is C18H25NO5. The van der Waals surface area contributed by atoms with E-state index in [4.69, 9.17) is 9.47 Å². The number of aromatic hydroxyl groups is 1. The van der Waals surface area contributed by atoms with Gasteiger partial charge in [-0.15, -0.1) is 0 Å². The first kappa shape index (κ1) is 18.1. The highest BCUT2D eigenvalue weighted by atomic mass is 16.6. The zero-order valence-electron chi connectivity index (χ0n) is 14.4. The summed E-state index contributed by atoms with van der Waals surface area (Å²) in [6, 6.07) is 5.10. The molecule has 0 aliphatic heterocycles. The standard InChI is InChI=1S/C18H25NO5/c1-18(2,3)24-17(22)19-15(12-8-10-13(20)11-9-12)16(21)23-14-6-4-5-7-14/h8-11,14-15,20H,4-7H2,1-3H3,(H,19,22). The summed E-state index contributed by atoms with van der Waals surface area (Å²) in [6.45, 7) is 5.25. The van der Waals surface area contributed by atoms with Gasteiger partial charge in [-0.25, -0.2) is 9.59 Å². The maximum Gasteiger partial charge on any atom is 0.408 e. The van der Waals surface area contributed by atoms with Crippen molar-refractivity contribution >= 4 is 12.1 Å². The summed E-state index contributed by atoms with van der Waals surface area (Å²) in [5, 5.41) is 12.0. The van der Waals surface area contributed by atoms with Gasteiger partial charge >= 0.3 is 12.1 Å². The minimum absolute atomic E-state index is 0.0823. The fraction of sp³-hybridized carbons (Fsp3) is 0.556. The number of nitrogens with one attached hydrogen (secondary N) is 1. The lowest BCUT2D eigenvalue weighted by molar-refractivity contribution is -0.151. The second-order valence-corrected chi connectivity index (χ2v) is 7.01. The summed E-state index contributed by atoms with van der Waals surface area (Å²) in [6.07, 6.45) is 2.99. The molecule has 24 heavy (non-hydrogen) atoms. The molecule has 2 N–H and O–H groups in total. The third-order valence-corrected chi connectivity index (χ3v) is 3.71. The van der Waals surface area contributed by atoms with Crippen LogP contribution in [0.3, 0.4) is 0 Å². The average Bonchev–Trinajstić information content (AvgIpc) is 2.97. The van der Waals surface area contributed by atoms with Crippen LogP contribution >= 0.6 is 0 Å². The van der Waals surface area contributed by atoms with Gasteiger partial charge in [-0.2, -0.15) is 0 Å². The van der Waals surface area contributed by atoms with Crippen LogP contribution in [0, 0.1) is 0 Å². The maximum atomic E-state index is 12.5. The molecule has 1 aromatic carbocycles. The van der Waals surface area contributed by atoms with Gasteiger partial charge in [0.15, 0.2) is 6.04 Å². The van der Waals surface area contributed by atoms with Crippen LogP contribution < -0.4 is 5.32 Å². The summed E-state index contributed by atoms with van der Waals surface area (Å²) >= 11 is 0. The van der Waals surface area contributed by atoms with Crippen molar-refractivity contribution in [1.82, 2.24) is 5.32 Å². The number of carbonyl (C=O) groups excluding carboxylic acids is 2. The molecule has 0 heterocycles. The molecule has 1 saturated carbocycles. The van der Waals surface area contributed by atoms with E-state index < -0.39 is 23.7 Å². The SMILES string of the molecule is CC(C)(C)OC(=O)NC(C(=O)OC1CCCC1)c1ccc(O)cc1. The van der Waals surface area contributed by atoms with E-state index in [0.717, 1.165) is 25.7 Å². The van der Waals surface area contributed by atoms with Crippen molar-refractivity contribution in [3.63, 3.8) is 0 Å². The number of benzene rings is 1.